The minimum atomic E-state index is -0.321. The van der Waals surface area contributed by atoms with Crippen molar-refractivity contribution >= 4 is 117 Å². The number of anilines is 9. The lowest BCUT2D eigenvalue weighted by Crippen LogP contribution is -2.61. The molecule has 0 saturated heterocycles. The van der Waals surface area contributed by atoms with E-state index in [0.717, 1.165) is 135 Å². The Kier molecular flexibility index (Phi) is 16.8. The Morgan fingerprint density at radius 3 is 1.02 bits per heavy atom. The Morgan fingerprint density at radius 1 is 0.224 bits per heavy atom. The van der Waals surface area contributed by atoms with Gasteiger partial charge in [0, 0.05) is 56.4 Å². The molecule has 19 aromatic carbocycles. The highest BCUT2D eigenvalue weighted by Gasteiger charge is 2.47. The molecule has 116 heavy (non-hydrogen) atoms. The first-order valence-corrected chi connectivity index (χ1v) is 40.7. The number of benzene rings is 19. The Labute approximate surface area is 680 Å². The highest BCUT2D eigenvalue weighted by atomic mass is 15.2. The Hall–Kier alpha value is -14.1. The van der Waals surface area contributed by atoms with Crippen LogP contribution in [0.25, 0.3) is 132 Å². The van der Waals surface area contributed by atoms with Crippen molar-refractivity contribution in [3.8, 4) is 89.0 Å². The molecule has 0 aromatic heterocycles. The lowest BCUT2D eigenvalue weighted by atomic mass is 9.33. The molecule has 0 atom stereocenters. The van der Waals surface area contributed by atoms with Gasteiger partial charge >= 0.3 is 0 Å². The molecule has 550 valence electrons. The predicted octanol–water partition coefficient (Wildman–Crippen LogP) is 29.2. The molecule has 0 N–H and O–H groups in total. The van der Waals surface area contributed by atoms with Gasteiger partial charge < -0.3 is 14.7 Å². The fourth-order valence-corrected chi connectivity index (χ4v) is 18.8. The molecule has 2 heterocycles. The van der Waals surface area contributed by atoms with Crippen LogP contribution in [-0.4, -0.2) is 6.71 Å². The molecule has 21 rings (SSSR count). The van der Waals surface area contributed by atoms with Crippen LogP contribution in [0.5, 0.6) is 0 Å². The third-order valence-electron chi connectivity index (χ3n) is 24.4. The summed E-state index contributed by atoms with van der Waals surface area (Å²) in [7, 11) is 0. The smallest absolute Gasteiger partial charge is 0.252 e. The maximum atomic E-state index is 2.75. The van der Waals surface area contributed by atoms with Gasteiger partial charge in [0.2, 0.25) is 0 Å². The van der Waals surface area contributed by atoms with Gasteiger partial charge in [0.15, 0.2) is 0 Å². The molecular formula is C112H84BN3. The highest BCUT2D eigenvalue weighted by molar-refractivity contribution is 7.00. The van der Waals surface area contributed by atoms with Crippen LogP contribution in [0.15, 0.2) is 400 Å². The lowest BCUT2D eigenvalue weighted by molar-refractivity contribution is 0.590. The number of hydrogen-bond donors (Lipinski definition) is 0. The lowest BCUT2D eigenvalue weighted by Gasteiger charge is -2.46. The first-order valence-electron chi connectivity index (χ1n) is 40.7. The predicted molar refractivity (Wildman–Crippen MR) is 497 cm³/mol. The maximum Gasteiger partial charge on any atom is 0.252 e. The molecule has 0 radical (unpaired) electrons. The van der Waals surface area contributed by atoms with Crippen LogP contribution in [-0.2, 0) is 10.8 Å². The van der Waals surface area contributed by atoms with Crippen molar-refractivity contribution in [1.82, 2.24) is 0 Å². The standard InChI is InChI=1S/C112H84BN3/c1-111(2,3)86-67-95(78-37-20-10-21-38-78)109(96(68-86)79-39-22-11-23-40-79)115-101-64-57-84(75-35-18-9-19-36-75)65-100(101)113-99-63-56-85(91-62-55-83-47-29-49-93-92-48-28-45-82-46-30-50-94(105(82)92)107(91)106(83)93)66-102(99)116(110-97(80-41-24-12-25-42-80)69-87(112(4,5)6)70-98(110)81-43-26-13-27-44-81)104-72-90(71-103(115)108(104)113)114(88-58-51-76(52-59-88)73-31-14-7-15-32-73)89-60-53-77(54-61-89)74-33-16-8-17-34-74/h7-72H,1-6H3. The molecule has 4 heteroatoms. The number of nitrogens with zero attached hydrogens (tertiary/aromatic N) is 3. The monoisotopic (exact) mass is 1480 g/mol. The summed E-state index contributed by atoms with van der Waals surface area (Å²) in [5.41, 5.74) is 33.6. The second kappa shape index (κ2) is 27.9. The minimum absolute atomic E-state index is 0.226. The van der Waals surface area contributed by atoms with Crippen molar-refractivity contribution in [3.05, 3.63) is 412 Å². The summed E-state index contributed by atoms with van der Waals surface area (Å²) in [5.74, 6) is 0. The van der Waals surface area contributed by atoms with Gasteiger partial charge in [-0.25, -0.2) is 0 Å². The van der Waals surface area contributed by atoms with Crippen LogP contribution in [0.3, 0.4) is 0 Å². The second-order valence-corrected chi connectivity index (χ2v) is 33.5. The summed E-state index contributed by atoms with van der Waals surface area (Å²) in [4.78, 5) is 7.99. The average molecular weight is 1480 g/mol. The molecule has 0 unspecified atom stereocenters. The molecule has 0 bridgehead atoms. The number of hydrogen-bond acceptors (Lipinski definition) is 3. The van der Waals surface area contributed by atoms with Crippen LogP contribution in [0.2, 0.25) is 0 Å². The summed E-state index contributed by atoms with van der Waals surface area (Å²) in [6, 6.07) is 152. The van der Waals surface area contributed by atoms with Crippen molar-refractivity contribution < 1.29 is 0 Å². The van der Waals surface area contributed by atoms with E-state index >= 15 is 0 Å². The van der Waals surface area contributed by atoms with Crippen LogP contribution in [0.4, 0.5) is 51.2 Å². The van der Waals surface area contributed by atoms with Gasteiger partial charge in [-0.2, -0.15) is 0 Å². The molecule has 19 aromatic rings. The van der Waals surface area contributed by atoms with E-state index < -0.39 is 0 Å². The summed E-state index contributed by atoms with van der Waals surface area (Å²) < 4.78 is 0. The first-order chi connectivity index (χ1) is 56.8. The van der Waals surface area contributed by atoms with Gasteiger partial charge in [-0.3, -0.25) is 0 Å². The highest BCUT2D eigenvalue weighted by Crippen LogP contribution is 2.57. The van der Waals surface area contributed by atoms with Crippen LogP contribution in [0.1, 0.15) is 52.7 Å². The fraction of sp³-hybridized carbons (Fsp3) is 0.0714. The molecule has 0 aliphatic carbocycles. The van der Waals surface area contributed by atoms with E-state index in [9.17, 15) is 0 Å². The van der Waals surface area contributed by atoms with Gasteiger partial charge in [0.05, 0.1) is 17.1 Å². The van der Waals surface area contributed by atoms with Gasteiger partial charge in [0.25, 0.3) is 6.71 Å². The van der Waals surface area contributed by atoms with E-state index in [2.05, 4.69) is 457 Å². The molecule has 2 aliphatic rings. The van der Waals surface area contributed by atoms with E-state index in [0.29, 0.717) is 0 Å². The van der Waals surface area contributed by atoms with E-state index in [4.69, 9.17) is 0 Å². The molecule has 0 spiro atoms. The summed E-state index contributed by atoms with van der Waals surface area (Å²) in [6.07, 6.45) is 0. The molecule has 0 saturated carbocycles. The van der Waals surface area contributed by atoms with Gasteiger partial charge in [-0.15, -0.1) is 0 Å². The van der Waals surface area contributed by atoms with Gasteiger partial charge in [-0.1, -0.05) is 369 Å². The maximum absolute atomic E-state index is 2.75. The first kappa shape index (κ1) is 69.9. The summed E-state index contributed by atoms with van der Waals surface area (Å²) in [5, 5.41) is 10.1. The van der Waals surface area contributed by atoms with E-state index in [1.54, 1.807) is 0 Å². The molecule has 0 fully saturated rings. The van der Waals surface area contributed by atoms with E-state index in [-0.39, 0.29) is 17.5 Å². The van der Waals surface area contributed by atoms with Crippen LogP contribution < -0.4 is 31.1 Å². The molecular weight excluding hydrogens is 1400 g/mol. The number of fused-ring (bicyclic) bond motifs is 6. The summed E-state index contributed by atoms with van der Waals surface area (Å²) >= 11 is 0. The average Bonchev–Trinajstić information content (AvgIpc) is 0.653. The zero-order valence-corrected chi connectivity index (χ0v) is 66.0. The molecule has 2 aliphatic heterocycles. The van der Waals surface area contributed by atoms with Crippen LogP contribution >= 0.6 is 0 Å². The van der Waals surface area contributed by atoms with Crippen LogP contribution in [0, 0.1) is 0 Å². The number of rotatable bonds is 13. The minimum Gasteiger partial charge on any atom is -0.310 e. The zero-order valence-electron chi connectivity index (χ0n) is 66.0. The van der Waals surface area contributed by atoms with Crippen molar-refractivity contribution in [2.75, 3.05) is 14.7 Å². The van der Waals surface area contributed by atoms with E-state index in [1.165, 1.54) is 76.2 Å². The van der Waals surface area contributed by atoms with E-state index in [1.807, 2.05) is 0 Å². The molecule has 3 nitrogen and oxygen atoms in total. The largest absolute Gasteiger partial charge is 0.310 e. The summed E-state index contributed by atoms with van der Waals surface area (Å²) in [6.45, 7) is 13.8. The van der Waals surface area contributed by atoms with Crippen molar-refractivity contribution in [3.63, 3.8) is 0 Å². The Morgan fingerprint density at radius 2 is 0.586 bits per heavy atom. The van der Waals surface area contributed by atoms with Gasteiger partial charge in [0.1, 0.15) is 0 Å². The Bertz CT molecular complexity index is 6770. The quantitative estimate of drug-likeness (QED) is 0.0647. The third kappa shape index (κ3) is 11.9. The third-order valence-corrected chi connectivity index (χ3v) is 24.4. The van der Waals surface area contributed by atoms with Crippen molar-refractivity contribution in [2.45, 2.75) is 52.4 Å². The zero-order chi connectivity index (χ0) is 77.9. The Balaban J connectivity index is 0.959. The fourth-order valence-electron chi connectivity index (χ4n) is 18.8. The normalized spacial score (nSPS) is 12.5. The second-order valence-electron chi connectivity index (χ2n) is 33.5. The topological polar surface area (TPSA) is 9.72 Å². The van der Waals surface area contributed by atoms with Gasteiger partial charge in [-0.05, 0) is 221 Å². The van der Waals surface area contributed by atoms with Crippen molar-refractivity contribution in [2.24, 2.45) is 0 Å². The SMILES string of the molecule is CC(C)(C)c1cc(-c2ccccc2)c(N2c3ccc(-c4ccccc4)cc3B3c4ccc(-c5ccc6cccc7c8cccc9cccc(c5c67)c98)cc4N(c4c(-c5ccccc5)cc(C(C)(C)C)cc4-c4ccccc4)c4cc(N(c5ccc(-c6ccccc6)cc5)c5ccc(-c6ccccc6)cc5)cc2c43)c(-c2ccccc2)c1. The molecule has 0 amide bonds. The van der Waals surface area contributed by atoms with Crippen molar-refractivity contribution in [1.29, 1.82) is 0 Å².